The molecule has 0 aliphatic carbocycles. The maximum absolute atomic E-state index is 12.8. The van der Waals surface area contributed by atoms with Crippen molar-refractivity contribution in [1.82, 2.24) is 9.80 Å². The molecule has 0 spiro atoms. The molecule has 1 fully saturated rings. The van der Waals surface area contributed by atoms with Crippen molar-refractivity contribution in [2.24, 2.45) is 0 Å². The molecule has 144 valence electrons. The number of hydrogen-bond donors (Lipinski definition) is 0. The van der Waals surface area contributed by atoms with Gasteiger partial charge in [-0.25, -0.2) is 0 Å². The van der Waals surface area contributed by atoms with Crippen LogP contribution in [-0.4, -0.2) is 67.9 Å². The highest BCUT2D eigenvalue weighted by molar-refractivity contribution is 7.98. The Hall–Kier alpha value is -1.82. The first-order chi connectivity index (χ1) is 13.1. The monoisotopic (exact) mass is 384 g/mol. The van der Waals surface area contributed by atoms with Crippen LogP contribution in [0.15, 0.2) is 53.4 Å². The van der Waals surface area contributed by atoms with E-state index in [0.717, 1.165) is 44.0 Å². The second kappa shape index (κ2) is 9.40. The summed E-state index contributed by atoms with van der Waals surface area (Å²) in [6.45, 7) is 6.33. The molecule has 1 aliphatic heterocycles. The van der Waals surface area contributed by atoms with Gasteiger partial charge in [-0.05, 0) is 42.5 Å². The number of carbonyl (C=O) groups excluding carboxylic acids is 1. The number of rotatable bonds is 6. The lowest BCUT2D eigenvalue weighted by atomic mass is 10.0. The van der Waals surface area contributed by atoms with Gasteiger partial charge in [-0.1, -0.05) is 30.3 Å². The summed E-state index contributed by atoms with van der Waals surface area (Å²) in [5, 5.41) is 0. The van der Waals surface area contributed by atoms with Gasteiger partial charge in [-0.2, -0.15) is 0 Å². The Bertz CT molecular complexity index is 757. The van der Waals surface area contributed by atoms with Crippen LogP contribution in [0, 0.1) is 0 Å². The number of amides is 1. The van der Waals surface area contributed by atoms with Crippen molar-refractivity contribution in [3.63, 3.8) is 0 Å². The first kappa shape index (κ1) is 19.9. The number of likely N-dealkylation sites (N-methyl/N-ethyl adjacent to an activating group) is 1. The lowest BCUT2D eigenvalue weighted by Crippen LogP contribution is -2.47. The van der Waals surface area contributed by atoms with Crippen LogP contribution < -0.4 is 0 Å². The molecule has 0 unspecified atom stereocenters. The van der Waals surface area contributed by atoms with Crippen LogP contribution in [0.3, 0.4) is 0 Å². The molecular formula is C22H28N2O2S. The molecule has 0 aromatic heterocycles. The van der Waals surface area contributed by atoms with Crippen LogP contribution in [0.5, 0.6) is 0 Å². The van der Waals surface area contributed by atoms with Crippen molar-refractivity contribution in [3.05, 3.63) is 54.1 Å². The van der Waals surface area contributed by atoms with Crippen LogP contribution in [0.25, 0.3) is 11.1 Å². The normalized spacial score (nSPS) is 16.1. The average Bonchev–Trinajstić information content (AvgIpc) is 2.73. The van der Waals surface area contributed by atoms with Crippen molar-refractivity contribution in [1.29, 1.82) is 0 Å². The second-order valence-electron chi connectivity index (χ2n) is 6.96. The minimum atomic E-state index is 0.0693. The lowest BCUT2D eigenvalue weighted by molar-refractivity contribution is 0.0142. The zero-order chi connectivity index (χ0) is 19.2. The SMILES string of the molecule is CSc1ccccc1-c1ccc(C(=O)N(C)C[C@@H](C)N2CCOCC2)cc1. The van der Waals surface area contributed by atoms with E-state index in [9.17, 15) is 4.79 Å². The molecule has 27 heavy (non-hydrogen) atoms. The van der Waals surface area contributed by atoms with Crippen molar-refractivity contribution in [2.75, 3.05) is 46.2 Å². The summed E-state index contributed by atoms with van der Waals surface area (Å²) in [6, 6.07) is 16.6. The van der Waals surface area contributed by atoms with Gasteiger partial charge in [-0.15, -0.1) is 11.8 Å². The Kier molecular flexibility index (Phi) is 6.94. The summed E-state index contributed by atoms with van der Waals surface area (Å²) < 4.78 is 5.41. The van der Waals surface area contributed by atoms with Crippen molar-refractivity contribution >= 4 is 17.7 Å². The molecule has 1 heterocycles. The zero-order valence-corrected chi connectivity index (χ0v) is 17.2. The van der Waals surface area contributed by atoms with E-state index in [2.05, 4.69) is 42.3 Å². The molecule has 0 bridgehead atoms. The van der Waals surface area contributed by atoms with Gasteiger partial charge >= 0.3 is 0 Å². The number of hydrogen-bond acceptors (Lipinski definition) is 4. The third-order valence-electron chi connectivity index (χ3n) is 5.10. The molecule has 3 rings (SSSR count). The fraction of sp³-hybridized carbons (Fsp3) is 0.409. The predicted octanol–water partition coefficient (Wildman–Crippen LogP) is 3.87. The molecular weight excluding hydrogens is 356 g/mol. The Labute approximate surface area is 166 Å². The number of nitrogens with zero attached hydrogens (tertiary/aromatic N) is 2. The third kappa shape index (κ3) is 4.92. The Morgan fingerprint density at radius 3 is 2.48 bits per heavy atom. The molecule has 1 saturated heterocycles. The lowest BCUT2D eigenvalue weighted by Gasteiger charge is -2.34. The molecule has 1 aliphatic rings. The van der Waals surface area contributed by atoms with Gasteiger partial charge < -0.3 is 9.64 Å². The summed E-state index contributed by atoms with van der Waals surface area (Å²) in [6.07, 6.45) is 2.08. The molecule has 2 aromatic carbocycles. The summed E-state index contributed by atoms with van der Waals surface area (Å²) >= 11 is 1.74. The number of thioether (sulfide) groups is 1. The first-order valence-corrected chi connectivity index (χ1v) is 10.6. The molecule has 0 saturated carbocycles. The number of benzene rings is 2. The van der Waals surface area contributed by atoms with E-state index in [-0.39, 0.29) is 5.91 Å². The number of morpholine rings is 1. The maximum atomic E-state index is 12.8. The van der Waals surface area contributed by atoms with Gasteiger partial charge in [0.25, 0.3) is 5.91 Å². The fourth-order valence-electron chi connectivity index (χ4n) is 3.51. The minimum Gasteiger partial charge on any atom is -0.379 e. The summed E-state index contributed by atoms with van der Waals surface area (Å²) in [4.78, 5) is 18.3. The van der Waals surface area contributed by atoms with Crippen LogP contribution in [0.4, 0.5) is 0 Å². The summed E-state index contributed by atoms with van der Waals surface area (Å²) in [5.41, 5.74) is 3.08. The number of ether oxygens (including phenoxy) is 1. The van der Waals surface area contributed by atoms with E-state index in [0.29, 0.717) is 6.04 Å². The molecule has 4 nitrogen and oxygen atoms in total. The quantitative estimate of drug-likeness (QED) is 0.708. The van der Waals surface area contributed by atoms with E-state index in [4.69, 9.17) is 4.74 Å². The Morgan fingerprint density at radius 1 is 1.15 bits per heavy atom. The average molecular weight is 385 g/mol. The molecule has 1 atom stereocenters. The summed E-state index contributed by atoms with van der Waals surface area (Å²) in [7, 11) is 1.89. The van der Waals surface area contributed by atoms with E-state index in [1.54, 1.807) is 11.8 Å². The maximum Gasteiger partial charge on any atom is 0.253 e. The molecule has 0 N–H and O–H groups in total. The van der Waals surface area contributed by atoms with Gasteiger partial charge in [0.2, 0.25) is 0 Å². The smallest absolute Gasteiger partial charge is 0.253 e. The fourth-order valence-corrected chi connectivity index (χ4v) is 4.13. The third-order valence-corrected chi connectivity index (χ3v) is 5.90. The van der Waals surface area contributed by atoms with E-state index in [1.165, 1.54) is 10.5 Å². The van der Waals surface area contributed by atoms with E-state index in [1.807, 2.05) is 36.2 Å². The van der Waals surface area contributed by atoms with Gasteiger partial charge in [0, 0.05) is 43.2 Å². The Morgan fingerprint density at radius 2 is 1.81 bits per heavy atom. The van der Waals surface area contributed by atoms with Gasteiger partial charge in [0.05, 0.1) is 13.2 Å². The van der Waals surface area contributed by atoms with Crippen molar-refractivity contribution < 1.29 is 9.53 Å². The minimum absolute atomic E-state index is 0.0693. The standard InChI is InChI=1S/C22H28N2O2S/c1-17(24-12-14-26-15-13-24)16-23(2)22(25)19-10-8-18(9-11-19)20-6-4-5-7-21(20)27-3/h4-11,17H,12-16H2,1-3H3/t17-/m1/s1. The first-order valence-electron chi connectivity index (χ1n) is 9.41. The summed E-state index contributed by atoms with van der Waals surface area (Å²) in [5.74, 6) is 0.0693. The molecule has 2 aromatic rings. The molecule has 0 radical (unpaired) electrons. The van der Waals surface area contributed by atoms with Gasteiger partial charge in [0.15, 0.2) is 0 Å². The molecule has 5 heteroatoms. The highest BCUT2D eigenvalue weighted by Gasteiger charge is 2.21. The van der Waals surface area contributed by atoms with E-state index < -0.39 is 0 Å². The highest BCUT2D eigenvalue weighted by Crippen LogP contribution is 2.30. The van der Waals surface area contributed by atoms with Crippen LogP contribution in [-0.2, 0) is 4.74 Å². The zero-order valence-electron chi connectivity index (χ0n) is 16.4. The van der Waals surface area contributed by atoms with Crippen LogP contribution >= 0.6 is 11.8 Å². The van der Waals surface area contributed by atoms with Gasteiger partial charge in [0.1, 0.15) is 0 Å². The van der Waals surface area contributed by atoms with Crippen LogP contribution in [0.1, 0.15) is 17.3 Å². The second-order valence-corrected chi connectivity index (χ2v) is 7.81. The van der Waals surface area contributed by atoms with E-state index >= 15 is 0 Å². The number of carbonyl (C=O) groups is 1. The largest absolute Gasteiger partial charge is 0.379 e. The van der Waals surface area contributed by atoms with Crippen LogP contribution in [0.2, 0.25) is 0 Å². The van der Waals surface area contributed by atoms with Gasteiger partial charge in [-0.3, -0.25) is 9.69 Å². The molecule has 1 amide bonds. The Balaban J connectivity index is 1.66. The predicted molar refractivity (Wildman–Crippen MR) is 112 cm³/mol. The van der Waals surface area contributed by atoms with Crippen molar-refractivity contribution in [2.45, 2.75) is 17.9 Å². The van der Waals surface area contributed by atoms with Crippen molar-refractivity contribution in [3.8, 4) is 11.1 Å². The highest BCUT2D eigenvalue weighted by atomic mass is 32.2. The topological polar surface area (TPSA) is 32.8 Å².